The Balaban J connectivity index is 1.74. The van der Waals surface area contributed by atoms with Crippen molar-refractivity contribution < 1.29 is 14.6 Å². The second-order valence-electron chi connectivity index (χ2n) is 7.23. The average molecular weight is 332 g/mol. The number of nitrogens with zero attached hydrogens (tertiary/aromatic N) is 2. The van der Waals surface area contributed by atoms with Crippen molar-refractivity contribution in [1.29, 1.82) is 0 Å². The third kappa shape index (κ3) is 4.35. The molecule has 0 radical (unpaired) electrons. The van der Waals surface area contributed by atoms with Gasteiger partial charge in [-0.2, -0.15) is 0 Å². The highest BCUT2D eigenvalue weighted by Crippen LogP contribution is 2.31. The van der Waals surface area contributed by atoms with E-state index in [0.717, 1.165) is 37.8 Å². The van der Waals surface area contributed by atoms with Gasteiger partial charge in [-0.3, -0.25) is 4.79 Å². The van der Waals surface area contributed by atoms with Gasteiger partial charge in [-0.25, -0.2) is 0 Å². The van der Waals surface area contributed by atoms with Crippen molar-refractivity contribution in [2.75, 3.05) is 33.3 Å². The molecule has 0 spiro atoms. The van der Waals surface area contributed by atoms with Crippen LogP contribution in [0.2, 0.25) is 0 Å². The second-order valence-corrected chi connectivity index (χ2v) is 7.23. The normalized spacial score (nSPS) is 24.0. The quantitative estimate of drug-likeness (QED) is 0.891. The van der Waals surface area contributed by atoms with E-state index >= 15 is 0 Å². The number of hydrogen-bond donors (Lipinski definition) is 1. The van der Waals surface area contributed by atoms with Gasteiger partial charge in [0.1, 0.15) is 6.10 Å². The Morgan fingerprint density at radius 3 is 2.71 bits per heavy atom. The number of hydrogen-bond acceptors (Lipinski definition) is 4. The summed E-state index contributed by atoms with van der Waals surface area (Å²) in [6.07, 6.45) is 3.19. The molecule has 1 aromatic carbocycles. The van der Waals surface area contributed by atoms with Crippen LogP contribution in [0.3, 0.4) is 0 Å². The van der Waals surface area contributed by atoms with Gasteiger partial charge in [-0.15, -0.1) is 0 Å². The number of morpholine rings is 1. The maximum Gasteiger partial charge on any atom is 0.253 e. The smallest absolute Gasteiger partial charge is 0.253 e. The number of carbonyl (C=O) groups excluding carboxylic acids is 1. The van der Waals surface area contributed by atoms with E-state index < -0.39 is 11.7 Å². The predicted molar refractivity (Wildman–Crippen MR) is 92.5 cm³/mol. The predicted octanol–water partition coefficient (Wildman–Crippen LogP) is 1.65. The number of carbonyl (C=O) groups is 1. The van der Waals surface area contributed by atoms with E-state index in [1.807, 2.05) is 37.4 Å². The van der Waals surface area contributed by atoms with E-state index in [1.165, 1.54) is 0 Å². The van der Waals surface area contributed by atoms with Gasteiger partial charge in [-0.1, -0.05) is 43.2 Å². The van der Waals surface area contributed by atoms with Crippen LogP contribution in [0.4, 0.5) is 0 Å². The first kappa shape index (κ1) is 17.4. The lowest BCUT2D eigenvalue weighted by Gasteiger charge is -2.36. The summed E-state index contributed by atoms with van der Waals surface area (Å²) < 4.78 is 5.71. The zero-order valence-corrected chi connectivity index (χ0v) is 14.5. The Bertz CT molecular complexity index is 543. The average Bonchev–Trinajstić information content (AvgIpc) is 3.01. The van der Waals surface area contributed by atoms with Crippen LogP contribution in [0.15, 0.2) is 30.3 Å². The molecule has 1 atom stereocenters. The monoisotopic (exact) mass is 332 g/mol. The number of amides is 1. The topological polar surface area (TPSA) is 53.0 Å². The fourth-order valence-corrected chi connectivity index (χ4v) is 3.69. The van der Waals surface area contributed by atoms with E-state index in [2.05, 4.69) is 4.90 Å². The molecule has 0 aromatic heterocycles. The summed E-state index contributed by atoms with van der Waals surface area (Å²) in [5.41, 5.74) is 0.335. The van der Waals surface area contributed by atoms with Crippen LogP contribution in [0.5, 0.6) is 0 Å². The highest BCUT2D eigenvalue weighted by atomic mass is 16.5. The summed E-state index contributed by atoms with van der Waals surface area (Å²) in [6.45, 7) is 2.96. The Labute approximate surface area is 144 Å². The molecule has 1 aromatic rings. The van der Waals surface area contributed by atoms with E-state index in [1.54, 1.807) is 4.90 Å². The van der Waals surface area contributed by atoms with E-state index in [-0.39, 0.29) is 5.91 Å². The molecular formula is C19H28N2O3. The maximum absolute atomic E-state index is 13.0. The molecule has 5 nitrogen and oxygen atoms in total. The summed E-state index contributed by atoms with van der Waals surface area (Å²) in [5.74, 6) is -0.00859. The summed E-state index contributed by atoms with van der Waals surface area (Å²) in [4.78, 5) is 17.0. The third-order valence-electron chi connectivity index (χ3n) is 5.09. The zero-order chi connectivity index (χ0) is 17.0. The summed E-state index contributed by atoms with van der Waals surface area (Å²) in [7, 11) is 2.01. The van der Waals surface area contributed by atoms with E-state index in [0.29, 0.717) is 26.2 Å². The van der Waals surface area contributed by atoms with Crippen LogP contribution in [0.1, 0.15) is 31.2 Å². The molecule has 1 saturated carbocycles. The fourth-order valence-electron chi connectivity index (χ4n) is 3.69. The fraction of sp³-hybridized carbons (Fsp3) is 0.632. The molecule has 2 fully saturated rings. The molecule has 132 valence electrons. The van der Waals surface area contributed by atoms with Crippen LogP contribution in [0, 0.1) is 0 Å². The number of ether oxygens (including phenoxy) is 1. The molecular weight excluding hydrogens is 304 g/mol. The van der Waals surface area contributed by atoms with Crippen LogP contribution in [-0.4, -0.2) is 65.8 Å². The van der Waals surface area contributed by atoms with Gasteiger partial charge >= 0.3 is 0 Å². The first-order valence-electron chi connectivity index (χ1n) is 8.91. The molecule has 1 unspecified atom stereocenters. The van der Waals surface area contributed by atoms with Crippen LogP contribution in [-0.2, 0) is 16.1 Å². The number of rotatable bonds is 5. The third-order valence-corrected chi connectivity index (χ3v) is 5.09. The number of likely N-dealkylation sites (N-methyl/N-ethyl adjacent to an activating group) is 1. The van der Waals surface area contributed by atoms with Crippen LogP contribution < -0.4 is 0 Å². The summed E-state index contributed by atoms with van der Waals surface area (Å²) in [6, 6.07) is 9.97. The summed E-state index contributed by atoms with van der Waals surface area (Å²) >= 11 is 0. The molecule has 1 amide bonds. The molecule has 24 heavy (non-hydrogen) atoms. The van der Waals surface area contributed by atoms with Gasteiger partial charge in [0.2, 0.25) is 0 Å². The lowest BCUT2D eigenvalue weighted by molar-refractivity contribution is -0.153. The Hall–Kier alpha value is -1.43. The zero-order valence-electron chi connectivity index (χ0n) is 14.5. The van der Waals surface area contributed by atoms with Gasteiger partial charge < -0.3 is 19.6 Å². The molecule has 1 N–H and O–H groups in total. The number of aliphatic hydroxyl groups is 1. The molecule has 3 rings (SSSR count). The molecule has 1 saturated heterocycles. The van der Waals surface area contributed by atoms with Gasteiger partial charge in [0.15, 0.2) is 0 Å². The van der Waals surface area contributed by atoms with Gasteiger partial charge in [0, 0.05) is 26.2 Å². The highest BCUT2D eigenvalue weighted by Gasteiger charge is 2.37. The van der Waals surface area contributed by atoms with Crippen molar-refractivity contribution in [2.24, 2.45) is 0 Å². The molecule has 2 aliphatic rings. The van der Waals surface area contributed by atoms with Crippen molar-refractivity contribution in [1.82, 2.24) is 9.80 Å². The molecule has 5 heteroatoms. The second kappa shape index (κ2) is 7.64. The molecule has 1 heterocycles. The lowest BCUT2D eigenvalue weighted by Crippen LogP contribution is -2.52. The maximum atomic E-state index is 13.0. The van der Waals surface area contributed by atoms with Crippen LogP contribution >= 0.6 is 0 Å². The van der Waals surface area contributed by atoms with E-state index in [9.17, 15) is 9.90 Å². The minimum Gasteiger partial charge on any atom is -0.388 e. The standard InChI is InChI=1S/C19H28N2O3/c1-20-11-12-24-17(14-20)18(22)21(13-16-7-3-2-4-8-16)15-19(23)9-5-6-10-19/h2-4,7-8,17,23H,5-6,9-15H2,1H3. The van der Waals surface area contributed by atoms with Crippen LogP contribution in [0.25, 0.3) is 0 Å². The Kier molecular flexibility index (Phi) is 5.54. The van der Waals surface area contributed by atoms with Gasteiger partial charge in [-0.05, 0) is 25.5 Å². The summed E-state index contributed by atoms with van der Waals surface area (Å²) in [5, 5.41) is 10.8. The largest absolute Gasteiger partial charge is 0.388 e. The lowest BCUT2D eigenvalue weighted by atomic mass is 10.0. The molecule has 1 aliphatic carbocycles. The molecule has 0 bridgehead atoms. The van der Waals surface area contributed by atoms with Gasteiger partial charge in [0.25, 0.3) is 5.91 Å². The van der Waals surface area contributed by atoms with Crippen molar-refractivity contribution in [3.05, 3.63) is 35.9 Å². The first-order valence-corrected chi connectivity index (χ1v) is 8.91. The Morgan fingerprint density at radius 2 is 2.04 bits per heavy atom. The SMILES string of the molecule is CN1CCOC(C(=O)N(Cc2ccccc2)CC2(O)CCCC2)C1. The van der Waals surface area contributed by atoms with Gasteiger partial charge in [0.05, 0.1) is 12.2 Å². The van der Waals surface area contributed by atoms with Crippen molar-refractivity contribution in [2.45, 2.75) is 43.9 Å². The highest BCUT2D eigenvalue weighted by molar-refractivity contribution is 5.81. The van der Waals surface area contributed by atoms with E-state index in [4.69, 9.17) is 4.74 Å². The van der Waals surface area contributed by atoms with Crippen molar-refractivity contribution in [3.8, 4) is 0 Å². The van der Waals surface area contributed by atoms with Crippen molar-refractivity contribution in [3.63, 3.8) is 0 Å². The molecule has 1 aliphatic heterocycles. The number of benzene rings is 1. The Morgan fingerprint density at radius 1 is 1.33 bits per heavy atom. The first-order chi connectivity index (χ1) is 11.6. The minimum absolute atomic E-state index is 0.00859. The minimum atomic E-state index is -0.745. The van der Waals surface area contributed by atoms with Crippen molar-refractivity contribution >= 4 is 5.91 Å².